The minimum atomic E-state index is 0.736. The molecule has 0 bridgehead atoms. The smallest absolute Gasteiger partial charge is 0.0702 e. The fourth-order valence-corrected chi connectivity index (χ4v) is 3.03. The maximum Gasteiger partial charge on any atom is 0.0702 e. The Hall–Kier alpha value is -2.71. The number of benzene rings is 3. The minimum absolute atomic E-state index is 0.736. The molecular weight excluding hydrogens is 316 g/mol. The zero-order valence-corrected chi connectivity index (χ0v) is 14.1. The van der Waals surface area contributed by atoms with Gasteiger partial charge in [-0.15, -0.1) is 0 Å². The van der Waals surface area contributed by atoms with Crippen molar-refractivity contribution in [3.63, 3.8) is 0 Å². The Morgan fingerprint density at radius 1 is 0.750 bits per heavy atom. The van der Waals surface area contributed by atoms with Crippen LogP contribution in [0.3, 0.4) is 0 Å². The Labute approximate surface area is 146 Å². The third-order valence-electron chi connectivity index (χ3n) is 4.14. The van der Waals surface area contributed by atoms with E-state index in [-0.39, 0.29) is 0 Å². The predicted molar refractivity (Wildman–Crippen MR) is 102 cm³/mol. The Balaban J connectivity index is 1.93. The Kier molecular flexibility index (Phi) is 3.75. The summed E-state index contributed by atoms with van der Waals surface area (Å²) in [4.78, 5) is 0. The fourth-order valence-electron chi connectivity index (χ4n) is 2.91. The molecule has 4 rings (SSSR count). The molecule has 118 valence electrons. The van der Waals surface area contributed by atoms with E-state index in [9.17, 15) is 0 Å². The van der Waals surface area contributed by atoms with Crippen molar-refractivity contribution in [2.24, 2.45) is 0 Å². The van der Waals surface area contributed by atoms with E-state index in [4.69, 9.17) is 11.6 Å². The number of halogens is 1. The van der Waals surface area contributed by atoms with Crippen LogP contribution in [0, 0.1) is 6.92 Å². The molecule has 1 heterocycles. The van der Waals surface area contributed by atoms with Gasteiger partial charge in [0.25, 0.3) is 0 Å². The highest BCUT2D eigenvalue weighted by atomic mass is 35.5. The quantitative estimate of drug-likeness (QED) is 0.433. The van der Waals surface area contributed by atoms with Gasteiger partial charge in [0.15, 0.2) is 0 Å². The van der Waals surface area contributed by atoms with Crippen molar-refractivity contribution in [2.45, 2.75) is 6.92 Å². The van der Waals surface area contributed by atoms with Crippen LogP contribution in [-0.2, 0) is 0 Å². The Bertz CT molecular complexity index is 923. The molecule has 0 aliphatic heterocycles. The standard InChI is InChI=1S/C21H17ClN2/c1-16-6-10-19(11-7-16)24(20-12-8-18(22)9-13-20)23-15-14-17-4-2-3-5-21(17)23/h2-15H,1H3. The van der Waals surface area contributed by atoms with Crippen molar-refractivity contribution in [1.82, 2.24) is 4.68 Å². The molecule has 0 unspecified atom stereocenters. The molecule has 0 saturated carbocycles. The molecule has 0 saturated heterocycles. The van der Waals surface area contributed by atoms with E-state index in [0.717, 1.165) is 21.9 Å². The summed E-state index contributed by atoms with van der Waals surface area (Å²) in [5.41, 5.74) is 4.56. The van der Waals surface area contributed by atoms with Crippen LogP contribution in [0.2, 0.25) is 5.02 Å². The largest absolute Gasteiger partial charge is 0.256 e. The highest BCUT2D eigenvalue weighted by Crippen LogP contribution is 2.30. The number of hydrogen-bond acceptors (Lipinski definition) is 1. The number of para-hydroxylation sites is 1. The molecule has 3 aromatic carbocycles. The maximum absolute atomic E-state index is 6.08. The molecule has 3 heteroatoms. The second-order valence-electron chi connectivity index (χ2n) is 5.84. The number of hydrogen-bond donors (Lipinski definition) is 0. The lowest BCUT2D eigenvalue weighted by Gasteiger charge is -2.27. The predicted octanol–water partition coefficient (Wildman–Crippen LogP) is 6.20. The first-order chi connectivity index (χ1) is 11.7. The molecule has 0 aliphatic rings. The highest BCUT2D eigenvalue weighted by molar-refractivity contribution is 6.30. The molecule has 0 amide bonds. The van der Waals surface area contributed by atoms with Gasteiger partial charge >= 0.3 is 0 Å². The Morgan fingerprint density at radius 2 is 1.38 bits per heavy atom. The van der Waals surface area contributed by atoms with Crippen LogP contribution in [0.4, 0.5) is 11.4 Å². The Morgan fingerprint density at radius 3 is 2.08 bits per heavy atom. The summed E-state index contributed by atoms with van der Waals surface area (Å²) in [6, 6.07) is 27.0. The van der Waals surface area contributed by atoms with Gasteiger partial charge in [-0.25, -0.2) is 5.01 Å². The minimum Gasteiger partial charge on any atom is -0.256 e. The molecular formula is C21H17ClN2. The molecule has 1 aromatic heterocycles. The second-order valence-corrected chi connectivity index (χ2v) is 6.28. The molecule has 4 aromatic rings. The van der Waals surface area contributed by atoms with Crippen LogP contribution in [0.5, 0.6) is 0 Å². The van der Waals surface area contributed by atoms with Crippen molar-refractivity contribution in [2.75, 3.05) is 5.01 Å². The SMILES string of the molecule is Cc1ccc(N(c2ccc(Cl)cc2)n2ccc3ccccc32)cc1. The van der Waals surface area contributed by atoms with Gasteiger partial charge in [-0.05, 0) is 55.5 Å². The molecule has 0 N–H and O–H groups in total. The molecule has 24 heavy (non-hydrogen) atoms. The van der Waals surface area contributed by atoms with E-state index in [2.05, 4.69) is 77.4 Å². The van der Waals surface area contributed by atoms with Crippen LogP contribution in [-0.4, -0.2) is 4.68 Å². The van der Waals surface area contributed by atoms with Crippen LogP contribution >= 0.6 is 11.6 Å². The number of aryl methyl sites for hydroxylation is 1. The normalized spacial score (nSPS) is 10.9. The third kappa shape index (κ3) is 2.66. The van der Waals surface area contributed by atoms with Gasteiger partial charge in [0.05, 0.1) is 16.9 Å². The molecule has 2 nitrogen and oxygen atoms in total. The average Bonchev–Trinajstić information content (AvgIpc) is 3.03. The van der Waals surface area contributed by atoms with E-state index in [1.54, 1.807) is 0 Å². The topological polar surface area (TPSA) is 8.17 Å². The highest BCUT2D eigenvalue weighted by Gasteiger charge is 2.13. The number of nitrogens with zero attached hydrogens (tertiary/aromatic N) is 2. The maximum atomic E-state index is 6.08. The summed E-state index contributed by atoms with van der Waals surface area (Å²) >= 11 is 6.08. The first-order valence-corrected chi connectivity index (χ1v) is 8.29. The molecule has 0 spiro atoms. The summed E-state index contributed by atoms with van der Waals surface area (Å²) in [6.07, 6.45) is 2.10. The summed E-state index contributed by atoms with van der Waals surface area (Å²) in [5.74, 6) is 0. The van der Waals surface area contributed by atoms with Crippen LogP contribution in [0.15, 0.2) is 85.1 Å². The summed E-state index contributed by atoms with van der Waals surface area (Å²) in [7, 11) is 0. The van der Waals surface area contributed by atoms with Gasteiger partial charge in [0.2, 0.25) is 0 Å². The van der Waals surface area contributed by atoms with E-state index >= 15 is 0 Å². The van der Waals surface area contributed by atoms with Crippen molar-refractivity contribution in [3.05, 3.63) is 95.6 Å². The second kappa shape index (κ2) is 6.06. The lowest BCUT2D eigenvalue weighted by atomic mass is 10.2. The van der Waals surface area contributed by atoms with E-state index in [1.165, 1.54) is 10.9 Å². The summed E-state index contributed by atoms with van der Waals surface area (Å²) in [6.45, 7) is 2.10. The average molecular weight is 333 g/mol. The van der Waals surface area contributed by atoms with E-state index < -0.39 is 0 Å². The number of rotatable bonds is 3. The first-order valence-electron chi connectivity index (χ1n) is 7.91. The molecule has 0 atom stereocenters. The van der Waals surface area contributed by atoms with Crippen molar-refractivity contribution in [3.8, 4) is 0 Å². The van der Waals surface area contributed by atoms with Crippen molar-refractivity contribution < 1.29 is 0 Å². The lowest BCUT2D eigenvalue weighted by Crippen LogP contribution is -2.23. The van der Waals surface area contributed by atoms with Gasteiger partial charge in [0, 0.05) is 16.6 Å². The van der Waals surface area contributed by atoms with Crippen LogP contribution in [0.1, 0.15) is 5.56 Å². The third-order valence-corrected chi connectivity index (χ3v) is 4.40. The summed E-state index contributed by atoms with van der Waals surface area (Å²) < 4.78 is 2.17. The van der Waals surface area contributed by atoms with E-state index in [1.807, 2.05) is 24.3 Å². The number of anilines is 2. The van der Waals surface area contributed by atoms with Gasteiger partial charge in [-0.3, -0.25) is 4.68 Å². The van der Waals surface area contributed by atoms with Gasteiger partial charge < -0.3 is 0 Å². The lowest BCUT2D eigenvalue weighted by molar-refractivity contribution is 0.854. The van der Waals surface area contributed by atoms with E-state index in [0.29, 0.717) is 0 Å². The summed E-state index contributed by atoms with van der Waals surface area (Å²) in [5, 5.41) is 4.14. The molecule has 0 radical (unpaired) electrons. The fraction of sp³-hybridized carbons (Fsp3) is 0.0476. The zero-order chi connectivity index (χ0) is 16.5. The van der Waals surface area contributed by atoms with Gasteiger partial charge in [-0.2, -0.15) is 0 Å². The molecule has 0 aliphatic carbocycles. The molecule has 0 fully saturated rings. The first kappa shape index (κ1) is 14.9. The van der Waals surface area contributed by atoms with Crippen LogP contribution < -0.4 is 5.01 Å². The monoisotopic (exact) mass is 332 g/mol. The van der Waals surface area contributed by atoms with Gasteiger partial charge in [-0.1, -0.05) is 47.5 Å². The number of aromatic nitrogens is 1. The van der Waals surface area contributed by atoms with Crippen molar-refractivity contribution >= 4 is 33.9 Å². The van der Waals surface area contributed by atoms with Crippen molar-refractivity contribution in [1.29, 1.82) is 0 Å². The van der Waals surface area contributed by atoms with Gasteiger partial charge in [0.1, 0.15) is 0 Å². The zero-order valence-electron chi connectivity index (χ0n) is 13.4. The van der Waals surface area contributed by atoms with Crippen LogP contribution in [0.25, 0.3) is 10.9 Å². The number of fused-ring (bicyclic) bond motifs is 1.